The van der Waals surface area contributed by atoms with Crippen LogP contribution in [0.4, 0.5) is 4.39 Å². The van der Waals surface area contributed by atoms with Crippen molar-refractivity contribution in [2.45, 2.75) is 38.6 Å². The Morgan fingerprint density at radius 3 is 2.78 bits per heavy atom. The molecule has 2 rings (SSSR count). The molecule has 1 N–H and O–H groups in total. The predicted octanol–water partition coefficient (Wildman–Crippen LogP) is 1.69. The monoisotopic (exact) mass is 342 g/mol. The summed E-state index contributed by atoms with van der Waals surface area (Å²) >= 11 is 0. The van der Waals surface area contributed by atoms with Crippen LogP contribution in [-0.4, -0.2) is 44.1 Å². The second kappa shape index (κ2) is 7.88. The fourth-order valence-corrected chi connectivity index (χ4v) is 3.98. The first-order chi connectivity index (χ1) is 10.9. The minimum absolute atomic E-state index is 0.0288. The van der Waals surface area contributed by atoms with Crippen LogP contribution in [-0.2, 0) is 21.2 Å². The van der Waals surface area contributed by atoms with Crippen LogP contribution in [0.3, 0.4) is 0 Å². The van der Waals surface area contributed by atoms with Crippen molar-refractivity contribution in [2.75, 3.05) is 18.8 Å². The molecule has 1 saturated heterocycles. The van der Waals surface area contributed by atoms with Crippen molar-refractivity contribution in [2.24, 2.45) is 0 Å². The number of benzene rings is 1. The average molecular weight is 342 g/mol. The molecule has 0 bridgehead atoms. The molecule has 1 heterocycles. The van der Waals surface area contributed by atoms with E-state index in [4.69, 9.17) is 0 Å². The van der Waals surface area contributed by atoms with E-state index >= 15 is 0 Å². The van der Waals surface area contributed by atoms with Crippen molar-refractivity contribution in [1.29, 1.82) is 0 Å². The Morgan fingerprint density at radius 1 is 1.39 bits per heavy atom. The van der Waals surface area contributed by atoms with Crippen LogP contribution >= 0.6 is 0 Å². The lowest BCUT2D eigenvalue weighted by Gasteiger charge is -2.28. The summed E-state index contributed by atoms with van der Waals surface area (Å²) in [5.41, 5.74) is 0.754. The number of sulfonamides is 1. The van der Waals surface area contributed by atoms with E-state index in [1.54, 1.807) is 24.0 Å². The molecule has 0 aliphatic carbocycles. The molecular weight excluding hydrogens is 319 g/mol. The van der Waals surface area contributed by atoms with E-state index in [1.165, 1.54) is 12.1 Å². The van der Waals surface area contributed by atoms with E-state index in [2.05, 4.69) is 4.72 Å². The number of carbonyl (C=O) groups excluding carboxylic acids is 1. The van der Waals surface area contributed by atoms with Crippen molar-refractivity contribution >= 4 is 15.9 Å². The fraction of sp³-hybridized carbons (Fsp3) is 0.562. The van der Waals surface area contributed by atoms with Gasteiger partial charge in [-0.15, -0.1) is 0 Å². The molecule has 1 fully saturated rings. The van der Waals surface area contributed by atoms with Gasteiger partial charge in [0.05, 0.1) is 5.75 Å². The zero-order valence-electron chi connectivity index (χ0n) is 13.3. The topological polar surface area (TPSA) is 66.5 Å². The normalized spacial score (nSPS) is 16.8. The lowest BCUT2D eigenvalue weighted by atomic mass is 10.0. The van der Waals surface area contributed by atoms with Crippen LogP contribution in [0.2, 0.25) is 0 Å². The third kappa shape index (κ3) is 5.28. The van der Waals surface area contributed by atoms with Crippen molar-refractivity contribution < 1.29 is 17.6 Å². The number of carbonyl (C=O) groups is 1. The lowest BCUT2D eigenvalue weighted by molar-refractivity contribution is -0.129. The summed E-state index contributed by atoms with van der Waals surface area (Å²) in [5, 5.41) is 0. The van der Waals surface area contributed by atoms with Crippen LogP contribution in [0, 0.1) is 5.82 Å². The van der Waals surface area contributed by atoms with Crippen molar-refractivity contribution in [3.8, 4) is 0 Å². The standard InChI is InChI=1S/C16H23FN2O3S/c1-2-9-23(21,22)18-12-15(19-8-4-7-16(19)20)11-13-5-3-6-14(17)10-13/h3,5-6,10,15,18H,2,4,7-9,11-12H2,1H3. The molecule has 1 unspecified atom stereocenters. The molecule has 0 aromatic heterocycles. The zero-order valence-corrected chi connectivity index (χ0v) is 14.1. The summed E-state index contributed by atoms with van der Waals surface area (Å²) in [7, 11) is -3.34. The van der Waals surface area contributed by atoms with Crippen molar-refractivity contribution in [1.82, 2.24) is 9.62 Å². The molecule has 128 valence electrons. The Bertz CT molecular complexity index is 648. The van der Waals surface area contributed by atoms with E-state index in [1.807, 2.05) is 0 Å². The van der Waals surface area contributed by atoms with Gasteiger partial charge in [-0.3, -0.25) is 4.79 Å². The first-order valence-electron chi connectivity index (χ1n) is 7.92. The van der Waals surface area contributed by atoms with Gasteiger partial charge in [0.2, 0.25) is 15.9 Å². The minimum Gasteiger partial charge on any atom is -0.338 e. The minimum atomic E-state index is -3.34. The third-order valence-electron chi connectivity index (χ3n) is 3.92. The Hall–Kier alpha value is -1.47. The van der Waals surface area contributed by atoms with Gasteiger partial charge in [-0.2, -0.15) is 0 Å². The van der Waals surface area contributed by atoms with Crippen LogP contribution in [0.25, 0.3) is 0 Å². The summed E-state index contributed by atoms with van der Waals surface area (Å²) in [6.45, 7) is 2.58. The smallest absolute Gasteiger partial charge is 0.222 e. The van der Waals surface area contributed by atoms with Crippen LogP contribution in [0.15, 0.2) is 24.3 Å². The molecule has 1 aliphatic heterocycles. The summed E-state index contributed by atoms with van der Waals surface area (Å²) in [4.78, 5) is 13.7. The fourth-order valence-electron chi connectivity index (χ4n) is 2.85. The first kappa shape index (κ1) is 17.9. The second-order valence-electron chi connectivity index (χ2n) is 5.85. The Labute approximate surface area is 136 Å². The van der Waals surface area contributed by atoms with Crippen LogP contribution in [0.1, 0.15) is 31.7 Å². The molecule has 0 radical (unpaired) electrons. The zero-order chi connectivity index (χ0) is 16.9. The maximum Gasteiger partial charge on any atom is 0.222 e. The molecule has 0 spiro atoms. The van der Waals surface area contributed by atoms with Crippen LogP contribution < -0.4 is 4.72 Å². The van der Waals surface area contributed by atoms with Crippen molar-refractivity contribution in [3.05, 3.63) is 35.6 Å². The van der Waals surface area contributed by atoms with Gasteiger partial charge in [0, 0.05) is 25.6 Å². The summed E-state index contributed by atoms with van der Waals surface area (Å²) < 4.78 is 39.7. The predicted molar refractivity (Wildman–Crippen MR) is 86.9 cm³/mol. The third-order valence-corrected chi connectivity index (χ3v) is 5.48. The van der Waals surface area contributed by atoms with Gasteiger partial charge in [0.25, 0.3) is 0 Å². The Kier molecular flexibility index (Phi) is 6.12. The molecule has 7 heteroatoms. The molecule has 5 nitrogen and oxygen atoms in total. The first-order valence-corrected chi connectivity index (χ1v) is 9.58. The SMILES string of the molecule is CCCS(=O)(=O)NCC(Cc1cccc(F)c1)N1CCCC1=O. The highest BCUT2D eigenvalue weighted by atomic mass is 32.2. The Morgan fingerprint density at radius 2 is 2.17 bits per heavy atom. The molecule has 23 heavy (non-hydrogen) atoms. The molecule has 0 saturated carbocycles. The van der Waals surface area contributed by atoms with E-state index < -0.39 is 10.0 Å². The second-order valence-corrected chi connectivity index (χ2v) is 7.77. The highest BCUT2D eigenvalue weighted by Gasteiger charge is 2.29. The van der Waals surface area contributed by atoms with E-state index in [0.29, 0.717) is 25.8 Å². The van der Waals surface area contributed by atoms with Gasteiger partial charge >= 0.3 is 0 Å². The summed E-state index contributed by atoms with van der Waals surface area (Å²) in [6.07, 6.45) is 2.23. The molecule has 1 atom stereocenters. The lowest BCUT2D eigenvalue weighted by Crippen LogP contribution is -2.46. The number of likely N-dealkylation sites (tertiary alicyclic amines) is 1. The maximum atomic E-state index is 13.4. The Balaban J connectivity index is 2.10. The number of amides is 1. The molecule has 1 aromatic carbocycles. The quantitative estimate of drug-likeness (QED) is 0.782. The molecular formula is C16H23FN2O3S. The van der Waals surface area contributed by atoms with Gasteiger partial charge in [0.1, 0.15) is 5.82 Å². The highest BCUT2D eigenvalue weighted by Crippen LogP contribution is 2.17. The van der Waals surface area contributed by atoms with Crippen LogP contribution in [0.5, 0.6) is 0 Å². The summed E-state index contributed by atoms with van der Waals surface area (Å²) in [5.74, 6) is -0.241. The van der Waals surface area contributed by atoms with E-state index in [9.17, 15) is 17.6 Å². The van der Waals surface area contributed by atoms with E-state index in [-0.39, 0.29) is 30.1 Å². The molecule has 1 aromatic rings. The largest absolute Gasteiger partial charge is 0.338 e. The van der Waals surface area contributed by atoms with Gasteiger partial charge in [-0.05, 0) is 37.0 Å². The number of hydrogen-bond donors (Lipinski definition) is 1. The van der Waals surface area contributed by atoms with Gasteiger partial charge in [0.15, 0.2) is 0 Å². The van der Waals surface area contributed by atoms with Gasteiger partial charge < -0.3 is 4.90 Å². The van der Waals surface area contributed by atoms with E-state index in [0.717, 1.165) is 12.0 Å². The highest BCUT2D eigenvalue weighted by molar-refractivity contribution is 7.89. The molecule has 1 aliphatic rings. The van der Waals surface area contributed by atoms with Gasteiger partial charge in [-0.1, -0.05) is 19.1 Å². The number of nitrogens with one attached hydrogen (secondary N) is 1. The number of halogens is 1. The summed E-state index contributed by atoms with van der Waals surface area (Å²) in [6, 6.07) is 5.90. The number of rotatable bonds is 8. The van der Waals surface area contributed by atoms with Crippen molar-refractivity contribution in [3.63, 3.8) is 0 Å². The number of nitrogens with zero attached hydrogens (tertiary/aromatic N) is 1. The average Bonchev–Trinajstić information content (AvgIpc) is 2.89. The van der Waals surface area contributed by atoms with Gasteiger partial charge in [-0.25, -0.2) is 17.5 Å². The maximum absolute atomic E-state index is 13.4. The number of hydrogen-bond acceptors (Lipinski definition) is 3. The molecule has 1 amide bonds.